The van der Waals surface area contributed by atoms with E-state index in [-0.39, 0.29) is 18.6 Å². The molecule has 0 heterocycles. The molecule has 1 fully saturated rings. The van der Waals surface area contributed by atoms with Crippen molar-refractivity contribution in [3.05, 3.63) is 35.9 Å². The third-order valence-electron chi connectivity index (χ3n) is 4.42. The van der Waals surface area contributed by atoms with Gasteiger partial charge in [-0.1, -0.05) is 38.0 Å². The highest BCUT2D eigenvalue weighted by atomic mass is 16.5. The fourth-order valence-electron chi connectivity index (χ4n) is 3.03. The first-order valence-electron chi connectivity index (χ1n) is 8.96. The van der Waals surface area contributed by atoms with Gasteiger partial charge in [0, 0.05) is 17.7 Å². The van der Waals surface area contributed by atoms with E-state index in [1.54, 1.807) is 6.08 Å². The SMILES string of the molecule is CCOc1ccccc1/C=C/C(=O)OCC(=O)N[C@H]1CCCC[C@@H]1C. The number of benzene rings is 1. The Morgan fingerprint density at radius 3 is 2.76 bits per heavy atom. The molecule has 1 aromatic carbocycles. The van der Waals surface area contributed by atoms with Crippen LogP contribution in [-0.4, -0.2) is 31.1 Å². The number of hydrogen-bond acceptors (Lipinski definition) is 4. The highest BCUT2D eigenvalue weighted by Gasteiger charge is 2.22. The van der Waals surface area contributed by atoms with Crippen LogP contribution in [0.2, 0.25) is 0 Å². The summed E-state index contributed by atoms with van der Waals surface area (Å²) < 4.78 is 10.5. The zero-order chi connectivity index (χ0) is 18.1. The van der Waals surface area contributed by atoms with Crippen LogP contribution in [-0.2, 0) is 14.3 Å². The molecule has 1 aromatic rings. The molecule has 0 aromatic heterocycles. The van der Waals surface area contributed by atoms with E-state index in [1.807, 2.05) is 31.2 Å². The summed E-state index contributed by atoms with van der Waals surface area (Å²) in [5.74, 6) is 0.398. The Morgan fingerprint density at radius 1 is 1.24 bits per heavy atom. The molecule has 1 saturated carbocycles. The molecule has 5 heteroatoms. The number of ether oxygens (including phenoxy) is 2. The zero-order valence-electron chi connectivity index (χ0n) is 15.0. The van der Waals surface area contributed by atoms with Crippen LogP contribution in [0, 0.1) is 5.92 Å². The number of rotatable bonds is 7. The maximum absolute atomic E-state index is 11.9. The third kappa shape index (κ3) is 6.25. The number of carbonyl (C=O) groups excluding carboxylic acids is 2. The Balaban J connectivity index is 1.79. The van der Waals surface area contributed by atoms with Gasteiger partial charge in [0.15, 0.2) is 6.61 Å². The zero-order valence-corrected chi connectivity index (χ0v) is 15.0. The number of para-hydroxylation sites is 1. The average molecular weight is 345 g/mol. The van der Waals surface area contributed by atoms with Crippen molar-refractivity contribution in [2.45, 2.75) is 45.6 Å². The van der Waals surface area contributed by atoms with Crippen molar-refractivity contribution in [1.82, 2.24) is 5.32 Å². The lowest BCUT2D eigenvalue weighted by Gasteiger charge is -2.29. The van der Waals surface area contributed by atoms with Crippen LogP contribution in [0.25, 0.3) is 6.08 Å². The minimum Gasteiger partial charge on any atom is -0.493 e. The minimum absolute atomic E-state index is 0.188. The van der Waals surface area contributed by atoms with Crippen molar-refractivity contribution < 1.29 is 19.1 Å². The predicted molar refractivity (Wildman–Crippen MR) is 97.2 cm³/mol. The highest BCUT2D eigenvalue weighted by molar-refractivity contribution is 5.89. The van der Waals surface area contributed by atoms with Crippen molar-refractivity contribution in [3.8, 4) is 5.75 Å². The van der Waals surface area contributed by atoms with Gasteiger partial charge in [0.1, 0.15) is 5.75 Å². The van der Waals surface area contributed by atoms with Crippen LogP contribution in [0.15, 0.2) is 30.3 Å². The topological polar surface area (TPSA) is 64.6 Å². The average Bonchev–Trinajstić information content (AvgIpc) is 2.61. The number of carbonyl (C=O) groups is 2. The van der Waals surface area contributed by atoms with Gasteiger partial charge < -0.3 is 14.8 Å². The summed E-state index contributed by atoms with van der Waals surface area (Å²) in [5.41, 5.74) is 0.793. The molecule has 136 valence electrons. The molecule has 5 nitrogen and oxygen atoms in total. The van der Waals surface area contributed by atoms with Crippen molar-refractivity contribution in [2.24, 2.45) is 5.92 Å². The fourth-order valence-corrected chi connectivity index (χ4v) is 3.03. The molecule has 0 radical (unpaired) electrons. The third-order valence-corrected chi connectivity index (χ3v) is 4.42. The summed E-state index contributed by atoms with van der Waals surface area (Å²) in [4.78, 5) is 23.8. The van der Waals surface area contributed by atoms with Gasteiger partial charge in [-0.15, -0.1) is 0 Å². The van der Waals surface area contributed by atoms with E-state index in [2.05, 4.69) is 12.2 Å². The van der Waals surface area contributed by atoms with Crippen LogP contribution >= 0.6 is 0 Å². The van der Waals surface area contributed by atoms with Crippen LogP contribution in [0.1, 0.15) is 45.1 Å². The van der Waals surface area contributed by atoms with Crippen LogP contribution in [0.3, 0.4) is 0 Å². The van der Waals surface area contributed by atoms with Gasteiger partial charge >= 0.3 is 5.97 Å². The van der Waals surface area contributed by atoms with Gasteiger partial charge in [-0.3, -0.25) is 4.79 Å². The Bertz CT molecular complexity index is 611. The van der Waals surface area contributed by atoms with E-state index in [9.17, 15) is 9.59 Å². The van der Waals surface area contributed by atoms with Gasteiger partial charge in [0.05, 0.1) is 6.61 Å². The molecular weight excluding hydrogens is 318 g/mol. The van der Waals surface area contributed by atoms with E-state index in [0.29, 0.717) is 18.3 Å². The summed E-state index contributed by atoms with van der Waals surface area (Å²) >= 11 is 0. The molecule has 2 atom stereocenters. The fraction of sp³-hybridized carbons (Fsp3) is 0.500. The summed E-state index contributed by atoms with van der Waals surface area (Å²) in [6.07, 6.45) is 7.43. The van der Waals surface area contributed by atoms with Crippen molar-refractivity contribution in [1.29, 1.82) is 0 Å². The first kappa shape index (κ1) is 19.0. The second kappa shape index (κ2) is 9.87. The number of nitrogens with one attached hydrogen (secondary N) is 1. The lowest BCUT2D eigenvalue weighted by Crippen LogP contribution is -2.42. The quantitative estimate of drug-likeness (QED) is 0.608. The van der Waals surface area contributed by atoms with E-state index in [1.165, 1.54) is 12.5 Å². The standard InChI is InChI=1S/C20H27NO4/c1-3-24-18-11-7-5-9-16(18)12-13-20(23)25-14-19(22)21-17-10-6-4-8-15(17)2/h5,7,9,11-13,15,17H,3-4,6,8,10,14H2,1-2H3,(H,21,22)/b13-12+/t15-,17-/m0/s1. The predicted octanol–water partition coefficient (Wildman–Crippen LogP) is 3.34. The maximum Gasteiger partial charge on any atom is 0.331 e. The van der Waals surface area contributed by atoms with Gasteiger partial charge in [0.2, 0.25) is 0 Å². The molecule has 0 aliphatic heterocycles. The van der Waals surface area contributed by atoms with Crippen LogP contribution in [0.5, 0.6) is 5.75 Å². The smallest absolute Gasteiger partial charge is 0.331 e. The Morgan fingerprint density at radius 2 is 2.00 bits per heavy atom. The Labute approximate surface area is 149 Å². The molecule has 25 heavy (non-hydrogen) atoms. The van der Waals surface area contributed by atoms with Gasteiger partial charge in [-0.25, -0.2) is 4.79 Å². The van der Waals surface area contributed by atoms with Gasteiger partial charge in [-0.2, -0.15) is 0 Å². The van der Waals surface area contributed by atoms with Gasteiger partial charge in [-0.05, 0) is 37.8 Å². The van der Waals surface area contributed by atoms with E-state index in [0.717, 1.165) is 24.8 Å². The normalized spacial score (nSPS) is 20.2. The largest absolute Gasteiger partial charge is 0.493 e. The number of esters is 1. The molecule has 0 saturated heterocycles. The lowest BCUT2D eigenvalue weighted by atomic mass is 9.86. The van der Waals surface area contributed by atoms with E-state index < -0.39 is 5.97 Å². The van der Waals surface area contributed by atoms with Crippen molar-refractivity contribution in [2.75, 3.05) is 13.2 Å². The summed E-state index contributed by atoms with van der Waals surface area (Å²) in [6.45, 7) is 4.35. The molecule has 1 aliphatic carbocycles. The summed E-state index contributed by atoms with van der Waals surface area (Å²) in [5, 5.41) is 2.96. The van der Waals surface area contributed by atoms with Crippen LogP contribution in [0.4, 0.5) is 0 Å². The number of hydrogen-bond donors (Lipinski definition) is 1. The Hall–Kier alpha value is -2.30. The lowest BCUT2D eigenvalue weighted by molar-refractivity contribution is -0.144. The van der Waals surface area contributed by atoms with Crippen molar-refractivity contribution >= 4 is 18.0 Å². The molecular formula is C20H27NO4. The minimum atomic E-state index is -0.543. The molecule has 0 bridgehead atoms. The molecule has 1 N–H and O–H groups in total. The molecule has 1 amide bonds. The molecule has 2 rings (SSSR count). The number of amides is 1. The second-order valence-electron chi connectivity index (χ2n) is 6.35. The monoisotopic (exact) mass is 345 g/mol. The summed E-state index contributed by atoms with van der Waals surface area (Å²) in [6, 6.07) is 7.62. The second-order valence-corrected chi connectivity index (χ2v) is 6.35. The van der Waals surface area contributed by atoms with Crippen molar-refractivity contribution in [3.63, 3.8) is 0 Å². The van der Waals surface area contributed by atoms with Gasteiger partial charge in [0.25, 0.3) is 5.91 Å². The first-order chi connectivity index (χ1) is 12.1. The first-order valence-corrected chi connectivity index (χ1v) is 8.96. The van der Waals surface area contributed by atoms with E-state index in [4.69, 9.17) is 9.47 Å². The molecule has 0 unspecified atom stereocenters. The summed E-state index contributed by atoms with van der Waals surface area (Å²) in [7, 11) is 0. The Kier molecular flexibility index (Phi) is 7.51. The van der Waals surface area contributed by atoms with Crippen LogP contribution < -0.4 is 10.1 Å². The van der Waals surface area contributed by atoms with E-state index >= 15 is 0 Å². The maximum atomic E-state index is 11.9. The molecule has 0 spiro atoms. The highest BCUT2D eigenvalue weighted by Crippen LogP contribution is 2.23. The molecule has 1 aliphatic rings.